The van der Waals surface area contributed by atoms with Crippen LogP contribution in [0, 0.1) is 5.92 Å². The Labute approximate surface area is 205 Å². The summed E-state index contributed by atoms with van der Waals surface area (Å²) >= 11 is 0. The van der Waals surface area contributed by atoms with Crippen molar-refractivity contribution in [3.63, 3.8) is 0 Å². The predicted molar refractivity (Wildman–Crippen MR) is 128 cm³/mol. The smallest absolute Gasteiger partial charge is 0.334 e. The second-order valence-electron chi connectivity index (χ2n) is 9.18. The van der Waals surface area contributed by atoms with Gasteiger partial charge in [-0.25, -0.2) is 9.59 Å². The van der Waals surface area contributed by atoms with E-state index < -0.39 is 5.97 Å². The number of carbonyl (C=O) groups excluding carboxylic acids is 2. The first-order chi connectivity index (χ1) is 16.8. The van der Waals surface area contributed by atoms with Crippen LogP contribution < -0.4 is 14.2 Å². The summed E-state index contributed by atoms with van der Waals surface area (Å²) in [6, 6.07) is 3.43. The van der Waals surface area contributed by atoms with Gasteiger partial charge in [-0.3, -0.25) is 0 Å². The number of epoxide rings is 1. The minimum absolute atomic E-state index is 0.0828. The molecule has 0 aromatic heterocycles. The number of hydrogen-bond acceptors (Lipinski definition) is 8. The molecule has 0 amide bonds. The Morgan fingerprint density at radius 3 is 2.57 bits per heavy atom. The van der Waals surface area contributed by atoms with E-state index >= 15 is 0 Å². The third-order valence-electron chi connectivity index (χ3n) is 6.98. The fourth-order valence-electron chi connectivity index (χ4n) is 4.81. The molecule has 2 heterocycles. The van der Waals surface area contributed by atoms with E-state index in [2.05, 4.69) is 12.7 Å². The van der Waals surface area contributed by atoms with E-state index in [1.807, 2.05) is 6.92 Å². The van der Waals surface area contributed by atoms with Crippen molar-refractivity contribution in [2.24, 2.45) is 5.92 Å². The van der Waals surface area contributed by atoms with Crippen LogP contribution in [0.4, 0.5) is 0 Å². The molecule has 0 radical (unpaired) electrons. The van der Waals surface area contributed by atoms with Crippen LogP contribution >= 0.6 is 0 Å². The van der Waals surface area contributed by atoms with Crippen molar-refractivity contribution >= 4 is 18.0 Å². The SMILES string of the molecule is C=C1C(=O)O[C@H]2[C@H]1CC/C(COC(=O)/C=C/c1c(OC)cc(OC)cc1OC)=C\CC[C@@]1(C)O[C@@H]21. The molecule has 8 nitrogen and oxygen atoms in total. The lowest BCUT2D eigenvalue weighted by molar-refractivity contribution is -0.140. The zero-order chi connectivity index (χ0) is 25.2. The molecule has 188 valence electrons. The van der Waals surface area contributed by atoms with Crippen molar-refractivity contribution in [1.82, 2.24) is 0 Å². The second kappa shape index (κ2) is 10.2. The van der Waals surface area contributed by atoms with Crippen LogP contribution in [0.5, 0.6) is 17.2 Å². The summed E-state index contributed by atoms with van der Waals surface area (Å²) in [6.45, 7) is 6.15. The molecular formula is C27H32O8. The molecule has 0 N–H and O–H groups in total. The summed E-state index contributed by atoms with van der Waals surface area (Å²) in [7, 11) is 4.62. The molecule has 3 aliphatic rings. The van der Waals surface area contributed by atoms with Gasteiger partial charge in [-0.15, -0.1) is 0 Å². The molecule has 0 bridgehead atoms. The lowest BCUT2D eigenvalue weighted by Gasteiger charge is -2.20. The molecule has 1 aromatic rings. The van der Waals surface area contributed by atoms with E-state index in [0.29, 0.717) is 41.2 Å². The van der Waals surface area contributed by atoms with Gasteiger partial charge in [0, 0.05) is 29.7 Å². The van der Waals surface area contributed by atoms with Gasteiger partial charge in [-0.2, -0.15) is 0 Å². The monoisotopic (exact) mass is 484 g/mol. The third kappa shape index (κ3) is 5.22. The van der Waals surface area contributed by atoms with Gasteiger partial charge in [0.1, 0.15) is 36.1 Å². The van der Waals surface area contributed by atoms with Crippen LogP contribution in [0.1, 0.15) is 38.2 Å². The number of ether oxygens (including phenoxy) is 6. The van der Waals surface area contributed by atoms with Crippen LogP contribution in [0.25, 0.3) is 6.08 Å². The average molecular weight is 485 g/mol. The number of rotatable bonds is 7. The minimum atomic E-state index is -0.484. The van der Waals surface area contributed by atoms with E-state index in [-0.39, 0.29) is 36.3 Å². The van der Waals surface area contributed by atoms with Gasteiger partial charge in [0.25, 0.3) is 0 Å². The topological polar surface area (TPSA) is 92.8 Å². The van der Waals surface area contributed by atoms with Gasteiger partial charge in [-0.05, 0) is 44.3 Å². The maximum Gasteiger partial charge on any atom is 0.334 e. The molecular weight excluding hydrogens is 452 g/mol. The molecule has 1 aromatic carbocycles. The maximum atomic E-state index is 12.5. The molecule has 35 heavy (non-hydrogen) atoms. The van der Waals surface area contributed by atoms with Gasteiger partial charge in [0.2, 0.25) is 0 Å². The minimum Gasteiger partial charge on any atom is -0.496 e. The lowest BCUT2D eigenvalue weighted by Crippen LogP contribution is -2.29. The van der Waals surface area contributed by atoms with Gasteiger partial charge >= 0.3 is 11.9 Å². The van der Waals surface area contributed by atoms with Crippen LogP contribution in [-0.4, -0.2) is 57.7 Å². The van der Waals surface area contributed by atoms with Crippen LogP contribution in [0.3, 0.4) is 0 Å². The zero-order valence-corrected chi connectivity index (χ0v) is 20.6. The van der Waals surface area contributed by atoms with Crippen molar-refractivity contribution in [1.29, 1.82) is 0 Å². The highest BCUT2D eigenvalue weighted by atomic mass is 16.6. The number of carbonyl (C=O) groups is 2. The number of fused-ring (bicyclic) bond motifs is 3. The molecule has 1 aliphatic carbocycles. The predicted octanol–water partition coefficient (Wildman–Crippen LogP) is 4.02. The summed E-state index contributed by atoms with van der Waals surface area (Å²) in [5.41, 5.74) is 1.80. The van der Waals surface area contributed by atoms with Gasteiger partial charge in [0.15, 0.2) is 0 Å². The van der Waals surface area contributed by atoms with Gasteiger partial charge in [0.05, 0.1) is 32.5 Å². The number of allylic oxidation sites excluding steroid dienone is 1. The first-order valence-corrected chi connectivity index (χ1v) is 11.7. The van der Waals surface area contributed by atoms with Crippen molar-refractivity contribution < 1.29 is 38.0 Å². The molecule has 0 saturated carbocycles. The summed E-state index contributed by atoms with van der Waals surface area (Å²) in [4.78, 5) is 24.6. The van der Waals surface area contributed by atoms with Crippen molar-refractivity contribution in [3.05, 3.63) is 47.6 Å². The lowest BCUT2D eigenvalue weighted by atomic mass is 9.84. The van der Waals surface area contributed by atoms with E-state index in [0.717, 1.165) is 18.4 Å². The summed E-state index contributed by atoms with van der Waals surface area (Å²) in [6.07, 6.45) is 7.64. The molecule has 4 rings (SSSR count). The molecule has 0 unspecified atom stereocenters. The van der Waals surface area contributed by atoms with Crippen LogP contribution in [0.15, 0.2) is 42.0 Å². The van der Waals surface area contributed by atoms with E-state index in [1.165, 1.54) is 20.3 Å². The second-order valence-corrected chi connectivity index (χ2v) is 9.18. The summed E-state index contributed by atoms with van der Waals surface area (Å²) in [5.74, 6) is 0.680. The zero-order valence-electron chi connectivity index (χ0n) is 20.6. The van der Waals surface area contributed by atoms with Crippen molar-refractivity contribution in [2.75, 3.05) is 27.9 Å². The van der Waals surface area contributed by atoms with Crippen molar-refractivity contribution in [2.45, 2.75) is 50.4 Å². The third-order valence-corrected chi connectivity index (χ3v) is 6.98. The molecule has 8 heteroatoms. The van der Waals surface area contributed by atoms with E-state index in [4.69, 9.17) is 28.4 Å². The van der Waals surface area contributed by atoms with Gasteiger partial charge in [-0.1, -0.05) is 12.7 Å². The number of esters is 2. The summed E-state index contributed by atoms with van der Waals surface area (Å²) in [5, 5.41) is 0. The molecule has 0 spiro atoms. The fourth-order valence-corrected chi connectivity index (χ4v) is 4.81. The highest BCUT2D eigenvalue weighted by molar-refractivity contribution is 5.91. The largest absolute Gasteiger partial charge is 0.496 e. The molecule has 2 fully saturated rings. The molecule has 4 atom stereocenters. The number of hydrogen-bond donors (Lipinski definition) is 0. The van der Waals surface area contributed by atoms with E-state index in [9.17, 15) is 9.59 Å². The normalized spacial score (nSPS) is 29.4. The number of methoxy groups -OCH3 is 3. The van der Waals surface area contributed by atoms with E-state index in [1.54, 1.807) is 25.3 Å². The Bertz CT molecular complexity index is 1050. The quantitative estimate of drug-likeness (QED) is 0.248. The molecule has 2 saturated heterocycles. The maximum absolute atomic E-state index is 12.5. The highest BCUT2D eigenvalue weighted by Gasteiger charge is 2.61. The standard InChI is InChI=1S/C27H32O8/c1-16-19-9-8-17(7-6-12-27(2)25(35-27)24(19)34-26(16)29)15-33-23(28)11-10-20-21(31-4)13-18(30-3)14-22(20)32-5/h7,10-11,13-14,19,24-25H,1,6,8-9,12,15H2,2-5H3/b11-10+,17-7+/t19-,24-,25-,27+/m0/s1. The fraction of sp³-hybridized carbons (Fsp3) is 0.481. The Kier molecular flexibility index (Phi) is 7.21. The van der Waals surface area contributed by atoms with Crippen molar-refractivity contribution in [3.8, 4) is 17.2 Å². The average Bonchev–Trinajstić information content (AvgIpc) is 3.45. The first kappa shape index (κ1) is 24.9. The Hall–Kier alpha value is -3.26. The summed E-state index contributed by atoms with van der Waals surface area (Å²) < 4.78 is 33.1. The Morgan fingerprint density at radius 2 is 1.91 bits per heavy atom. The highest BCUT2D eigenvalue weighted by Crippen LogP contribution is 2.49. The Balaban J connectivity index is 1.41. The van der Waals surface area contributed by atoms with Crippen LogP contribution in [-0.2, 0) is 23.8 Å². The molecule has 2 aliphatic heterocycles. The number of benzene rings is 1. The Morgan fingerprint density at radius 1 is 1.20 bits per heavy atom. The van der Waals surface area contributed by atoms with Crippen LogP contribution in [0.2, 0.25) is 0 Å². The first-order valence-electron chi connectivity index (χ1n) is 11.7. The van der Waals surface area contributed by atoms with Gasteiger partial charge < -0.3 is 28.4 Å².